The molecule has 19 heavy (non-hydrogen) atoms. The summed E-state index contributed by atoms with van der Waals surface area (Å²) in [5.41, 5.74) is 0.397. The number of benzene rings is 1. The molecule has 1 amide bonds. The van der Waals surface area contributed by atoms with E-state index in [1.54, 1.807) is 24.3 Å². The summed E-state index contributed by atoms with van der Waals surface area (Å²) in [4.78, 5) is 11.9. The number of carbonyl (C=O) groups excluding carboxylic acids is 1. The second-order valence-corrected chi connectivity index (χ2v) is 5.33. The van der Waals surface area contributed by atoms with Crippen molar-refractivity contribution in [1.29, 1.82) is 0 Å². The fourth-order valence-corrected chi connectivity index (χ4v) is 2.66. The molecule has 0 saturated heterocycles. The zero-order valence-corrected chi connectivity index (χ0v) is 11.3. The first kappa shape index (κ1) is 14.3. The molecule has 3 N–H and O–H groups in total. The minimum Gasteiger partial charge on any atom is -0.393 e. The fourth-order valence-electron chi connectivity index (χ4n) is 2.42. The molecular formula is C14H18ClNO3. The lowest BCUT2D eigenvalue weighted by atomic mass is 10.1. The number of hydrogen-bond donors (Lipinski definition) is 3. The summed E-state index contributed by atoms with van der Waals surface area (Å²) in [7, 11) is 0. The van der Waals surface area contributed by atoms with Crippen LogP contribution >= 0.6 is 11.6 Å². The third-order valence-corrected chi connectivity index (χ3v) is 3.95. The van der Waals surface area contributed by atoms with Crippen LogP contribution in [0.15, 0.2) is 24.3 Å². The number of aliphatic hydroxyl groups is 2. The molecule has 2 rings (SSSR count). The van der Waals surface area contributed by atoms with Crippen LogP contribution in [-0.2, 0) is 4.79 Å². The maximum atomic E-state index is 11.9. The van der Waals surface area contributed by atoms with Crippen LogP contribution in [0.5, 0.6) is 0 Å². The quantitative estimate of drug-likeness (QED) is 0.787. The molecule has 0 aliphatic heterocycles. The van der Waals surface area contributed by atoms with Crippen molar-refractivity contribution in [3.63, 3.8) is 0 Å². The van der Waals surface area contributed by atoms with Gasteiger partial charge in [0.1, 0.15) is 0 Å². The van der Waals surface area contributed by atoms with Crippen molar-refractivity contribution in [2.24, 2.45) is 5.92 Å². The molecule has 104 valence electrons. The average molecular weight is 284 g/mol. The summed E-state index contributed by atoms with van der Waals surface area (Å²) in [5.74, 6) is -0.394. The highest BCUT2D eigenvalue weighted by Gasteiger charge is 2.27. The molecule has 0 aromatic heterocycles. The van der Waals surface area contributed by atoms with Crippen LogP contribution in [0.2, 0.25) is 5.02 Å². The molecule has 0 spiro atoms. The normalized spacial score (nSPS) is 24.2. The number of halogens is 1. The standard InChI is InChI=1S/C14H18ClNO3/c15-11-6-2-1-5-10(11)13(18)14(19)16-8-9-4-3-7-12(9)17/h1-2,5-6,9,12-13,17-18H,3-4,7-8H2,(H,16,19)/t9?,12?,13-/m1/s1. The lowest BCUT2D eigenvalue weighted by Gasteiger charge is -2.17. The van der Waals surface area contributed by atoms with E-state index in [1.807, 2.05) is 0 Å². The lowest BCUT2D eigenvalue weighted by Crippen LogP contribution is -2.35. The summed E-state index contributed by atoms with van der Waals surface area (Å²) in [5, 5.41) is 22.7. The van der Waals surface area contributed by atoms with Gasteiger partial charge in [0.15, 0.2) is 6.10 Å². The first-order chi connectivity index (χ1) is 9.09. The lowest BCUT2D eigenvalue weighted by molar-refractivity contribution is -0.129. The van der Waals surface area contributed by atoms with Gasteiger partial charge >= 0.3 is 0 Å². The maximum absolute atomic E-state index is 11.9. The van der Waals surface area contributed by atoms with E-state index >= 15 is 0 Å². The number of amides is 1. The highest BCUT2D eigenvalue weighted by Crippen LogP contribution is 2.25. The number of hydrogen-bond acceptors (Lipinski definition) is 3. The minimum absolute atomic E-state index is 0.0856. The van der Waals surface area contributed by atoms with Crippen LogP contribution in [-0.4, -0.2) is 28.8 Å². The molecule has 0 radical (unpaired) electrons. The Morgan fingerprint density at radius 2 is 2.16 bits per heavy atom. The van der Waals surface area contributed by atoms with E-state index in [-0.39, 0.29) is 12.0 Å². The number of carbonyl (C=O) groups is 1. The monoisotopic (exact) mass is 283 g/mol. The Hall–Kier alpha value is -1.10. The van der Waals surface area contributed by atoms with Crippen molar-refractivity contribution in [2.45, 2.75) is 31.5 Å². The summed E-state index contributed by atoms with van der Waals surface area (Å²) in [6.45, 7) is 0.390. The Labute approximate surface area is 117 Å². The molecule has 1 aromatic carbocycles. The van der Waals surface area contributed by atoms with Gasteiger partial charge in [-0.1, -0.05) is 36.2 Å². The smallest absolute Gasteiger partial charge is 0.253 e. The van der Waals surface area contributed by atoms with Crippen molar-refractivity contribution >= 4 is 17.5 Å². The van der Waals surface area contributed by atoms with Crippen molar-refractivity contribution in [3.05, 3.63) is 34.9 Å². The third-order valence-electron chi connectivity index (χ3n) is 3.61. The maximum Gasteiger partial charge on any atom is 0.253 e. The summed E-state index contributed by atoms with van der Waals surface area (Å²) in [6.07, 6.45) is 1.05. The molecule has 0 heterocycles. The van der Waals surface area contributed by atoms with E-state index in [0.29, 0.717) is 17.1 Å². The molecule has 5 heteroatoms. The molecular weight excluding hydrogens is 266 g/mol. The molecule has 3 atom stereocenters. The van der Waals surface area contributed by atoms with Crippen LogP contribution in [0.1, 0.15) is 30.9 Å². The second kappa shape index (κ2) is 6.37. The van der Waals surface area contributed by atoms with Crippen LogP contribution < -0.4 is 5.32 Å². The van der Waals surface area contributed by atoms with Gasteiger partial charge in [-0.2, -0.15) is 0 Å². The predicted octanol–water partition coefficient (Wildman–Crippen LogP) is 1.65. The Balaban J connectivity index is 1.91. The van der Waals surface area contributed by atoms with Crippen LogP contribution in [0.4, 0.5) is 0 Å². The van der Waals surface area contributed by atoms with Gasteiger partial charge in [-0.05, 0) is 18.9 Å². The van der Waals surface area contributed by atoms with Gasteiger partial charge in [-0.15, -0.1) is 0 Å². The molecule has 1 aliphatic rings. The Bertz CT molecular complexity index is 452. The van der Waals surface area contributed by atoms with Gasteiger partial charge in [0.25, 0.3) is 5.91 Å². The van der Waals surface area contributed by atoms with Crippen molar-refractivity contribution in [1.82, 2.24) is 5.32 Å². The van der Waals surface area contributed by atoms with E-state index in [1.165, 1.54) is 0 Å². The molecule has 1 aliphatic carbocycles. The number of aliphatic hydroxyl groups excluding tert-OH is 2. The average Bonchev–Trinajstić information content (AvgIpc) is 2.81. The van der Waals surface area contributed by atoms with E-state index in [9.17, 15) is 15.0 Å². The van der Waals surface area contributed by atoms with Crippen molar-refractivity contribution < 1.29 is 15.0 Å². The van der Waals surface area contributed by atoms with Gasteiger partial charge in [-0.25, -0.2) is 0 Å². The van der Waals surface area contributed by atoms with Crippen LogP contribution in [0, 0.1) is 5.92 Å². The summed E-state index contributed by atoms with van der Waals surface area (Å²) < 4.78 is 0. The van der Waals surface area contributed by atoms with Crippen LogP contribution in [0.3, 0.4) is 0 Å². The number of rotatable bonds is 4. The van der Waals surface area contributed by atoms with E-state index in [0.717, 1.165) is 19.3 Å². The second-order valence-electron chi connectivity index (χ2n) is 4.93. The van der Waals surface area contributed by atoms with Gasteiger partial charge in [-0.3, -0.25) is 4.79 Å². The SMILES string of the molecule is O=C(NCC1CCCC1O)[C@H](O)c1ccccc1Cl. The Kier molecular flexibility index (Phi) is 4.80. The van der Waals surface area contributed by atoms with Crippen molar-refractivity contribution in [3.8, 4) is 0 Å². The predicted molar refractivity (Wildman–Crippen MR) is 72.8 cm³/mol. The zero-order valence-electron chi connectivity index (χ0n) is 10.6. The van der Waals surface area contributed by atoms with Crippen molar-refractivity contribution in [2.75, 3.05) is 6.54 Å². The highest BCUT2D eigenvalue weighted by molar-refractivity contribution is 6.31. The van der Waals surface area contributed by atoms with E-state index in [4.69, 9.17) is 11.6 Å². The first-order valence-corrected chi connectivity index (χ1v) is 6.85. The largest absolute Gasteiger partial charge is 0.393 e. The molecule has 0 bridgehead atoms. The van der Waals surface area contributed by atoms with E-state index < -0.39 is 12.0 Å². The molecule has 1 aromatic rings. The Morgan fingerprint density at radius 3 is 2.79 bits per heavy atom. The summed E-state index contributed by atoms with van der Waals surface area (Å²) >= 11 is 5.93. The third kappa shape index (κ3) is 3.47. The molecule has 1 fully saturated rings. The molecule has 4 nitrogen and oxygen atoms in total. The van der Waals surface area contributed by atoms with Gasteiger partial charge in [0, 0.05) is 23.0 Å². The van der Waals surface area contributed by atoms with Gasteiger partial charge in [0.2, 0.25) is 0 Å². The molecule has 1 saturated carbocycles. The highest BCUT2D eigenvalue weighted by atomic mass is 35.5. The topological polar surface area (TPSA) is 69.6 Å². The van der Waals surface area contributed by atoms with Gasteiger partial charge < -0.3 is 15.5 Å². The number of nitrogens with one attached hydrogen (secondary N) is 1. The first-order valence-electron chi connectivity index (χ1n) is 6.48. The zero-order chi connectivity index (χ0) is 13.8. The van der Waals surface area contributed by atoms with Crippen LogP contribution in [0.25, 0.3) is 0 Å². The molecule has 2 unspecified atom stereocenters. The minimum atomic E-state index is -1.27. The van der Waals surface area contributed by atoms with E-state index in [2.05, 4.69) is 5.32 Å². The Morgan fingerprint density at radius 1 is 1.42 bits per heavy atom. The summed E-state index contributed by atoms with van der Waals surface area (Å²) in [6, 6.07) is 6.72. The van der Waals surface area contributed by atoms with Gasteiger partial charge in [0.05, 0.1) is 6.10 Å². The fraction of sp³-hybridized carbons (Fsp3) is 0.500.